The molecule has 0 saturated carbocycles. The lowest BCUT2D eigenvalue weighted by molar-refractivity contribution is -0.124. The summed E-state index contributed by atoms with van der Waals surface area (Å²) in [6, 6.07) is 13.7. The summed E-state index contributed by atoms with van der Waals surface area (Å²) in [5, 5.41) is 3.10. The molecule has 1 amide bonds. The van der Waals surface area contributed by atoms with Gasteiger partial charge in [-0.25, -0.2) is 0 Å². The van der Waals surface area contributed by atoms with Gasteiger partial charge in [0, 0.05) is 12.0 Å². The fraction of sp³-hybridized carbons (Fsp3) is 0.381. The molecule has 0 aliphatic carbocycles. The lowest BCUT2D eigenvalue weighted by atomic mass is 9.89. The van der Waals surface area contributed by atoms with Gasteiger partial charge in [-0.05, 0) is 45.4 Å². The van der Waals surface area contributed by atoms with Gasteiger partial charge in [0.15, 0.2) is 6.61 Å². The lowest BCUT2D eigenvalue weighted by Gasteiger charge is -2.38. The van der Waals surface area contributed by atoms with Gasteiger partial charge in [-0.15, -0.1) is 0 Å². The van der Waals surface area contributed by atoms with Crippen LogP contribution in [-0.4, -0.2) is 18.1 Å². The summed E-state index contributed by atoms with van der Waals surface area (Å²) in [7, 11) is 0. The van der Waals surface area contributed by atoms with Crippen LogP contribution in [0.3, 0.4) is 0 Å². The number of hydrogen-bond donors (Lipinski definition) is 1. The van der Waals surface area contributed by atoms with E-state index >= 15 is 0 Å². The van der Waals surface area contributed by atoms with Crippen molar-refractivity contribution < 1.29 is 14.3 Å². The smallest absolute Gasteiger partial charge is 0.258 e. The van der Waals surface area contributed by atoms with Crippen molar-refractivity contribution in [1.29, 1.82) is 0 Å². The van der Waals surface area contributed by atoms with Crippen molar-refractivity contribution in [2.75, 3.05) is 6.61 Å². The molecule has 1 heterocycles. The average molecular weight is 339 g/mol. The van der Waals surface area contributed by atoms with Crippen molar-refractivity contribution in [3.8, 4) is 11.5 Å². The number of fused-ring (bicyclic) bond motifs is 1. The number of para-hydroxylation sites is 1. The number of amides is 1. The summed E-state index contributed by atoms with van der Waals surface area (Å²) >= 11 is 0. The molecule has 2 aromatic rings. The van der Waals surface area contributed by atoms with Gasteiger partial charge in [0.25, 0.3) is 5.91 Å². The normalized spacial score (nSPS) is 18.0. The van der Waals surface area contributed by atoms with Crippen LogP contribution in [0.1, 0.15) is 43.0 Å². The molecule has 25 heavy (non-hydrogen) atoms. The zero-order chi connectivity index (χ0) is 18.0. The zero-order valence-electron chi connectivity index (χ0n) is 15.3. The van der Waals surface area contributed by atoms with E-state index in [1.54, 1.807) is 0 Å². The summed E-state index contributed by atoms with van der Waals surface area (Å²) in [5.74, 6) is 1.45. The molecule has 0 spiro atoms. The summed E-state index contributed by atoms with van der Waals surface area (Å²) in [6.45, 7) is 8.09. The van der Waals surface area contributed by atoms with E-state index in [9.17, 15) is 4.79 Å². The van der Waals surface area contributed by atoms with Gasteiger partial charge in [-0.1, -0.05) is 35.9 Å². The first-order chi connectivity index (χ1) is 11.8. The molecule has 0 saturated heterocycles. The van der Waals surface area contributed by atoms with E-state index in [4.69, 9.17) is 9.47 Å². The van der Waals surface area contributed by atoms with E-state index in [-0.39, 0.29) is 24.2 Å². The molecule has 132 valence electrons. The molecular formula is C21H25NO3. The molecule has 1 atom stereocenters. The highest BCUT2D eigenvalue weighted by Crippen LogP contribution is 2.39. The third-order valence-corrected chi connectivity index (χ3v) is 4.41. The predicted molar refractivity (Wildman–Crippen MR) is 98.1 cm³/mol. The molecule has 1 N–H and O–H groups in total. The average Bonchev–Trinajstić information content (AvgIpc) is 2.54. The first kappa shape index (κ1) is 17.3. The van der Waals surface area contributed by atoms with Crippen molar-refractivity contribution in [1.82, 2.24) is 5.32 Å². The highest BCUT2D eigenvalue weighted by Gasteiger charge is 2.34. The quantitative estimate of drug-likeness (QED) is 0.912. The van der Waals surface area contributed by atoms with Gasteiger partial charge in [0.05, 0.1) is 6.04 Å². The van der Waals surface area contributed by atoms with E-state index in [1.165, 1.54) is 0 Å². The maximum atomic E-state index is 12.4. The van der Waals surface area contributed by atoms with Crippen LogP contribution in [0.15, 0.2) is 42.5 Å². The lowest BCUT2D eigenvalue weighted by Crippen LogP contribution is -2.42. The van der Waals surface area contributed by atoms with Crippen molar-refractivity contribution in [3.05, 3.63) is 59.2 Å². The SMILES string of the molecule is Cc1ccc2c(c1)[C@@H](NC(=O)COc1ccccc1C)CC(C)(C)O2. The minimum absolute atomic E-state index is 0.00376. The molecule has 4 heteroatoms. The third kappa shape index (κ3) is 4.13. The molecule has 0 fully saturated rings. The summed E-state index contributed by atoms with van der Waals surface area (Å²) < 4.78 is 11.7. The Morgan fingerprint density at radius 3 is 2.76 bits per heavy atom. The van der Waals surface area contributed by atoms with Crippen LogP contribution < -0.4 is 14.8 Å². The second-order valence-electron chi connectivity index (χ2n) is 7.28. The second kappa shape index (κ2) is 6.79. The van der Waals surface area contributed by atoms with E-state index in [0.29, 0.717) is 0 Å². The molecule has 1 aliphatic heterocycles. The summed E-state index contributed by atoms with van der Waals surface area (Å²) in [6.07, 6.45) is 0.722. The molecular weight excluding hydrogens is 314 g/mol. The number of ether oxygens (including phenoxy) is 2. The largest absolute Gasteiger partial charge is 0.487 e. The molecule has 1 aliphatic rings. The maximum absolute atomic E-state index is 12.4. The highest BCUT2D eigenvalue weighted by molar-refractivity contribution is 5.78. The summed E-state index contributed by atoms with van der Waals surface area (Å²) in [4.78, 5) is 12.4. The first-order valence-corrected chi connectivity index (χ1v) is 8.61. The fourth-order valence-electron chi connectivity index (χ4n) is 3.20. The van der Waals surface area contributed by atoms with E-state index in [1.807, 2.05) is 64.1 Å². The van der Waals surface area contributed by atoms with E-state index in [0.717, 1.165) is 34.6 Å². The van der Waals surface area contributed by atoms with Gasteiger partial charge < -0.3 is 14.8 Å². The van der Waals surface area contributed by atoms with Crippen LogP contribution in [0.4, 0.5) is 0 Å². The van der Waals surface area contributed by atoms with Crippen molar-refractivity contribution in [3.63, 3.8) is 0 Å². The molecule has 0 aromatic heterocycles. The van der Waals surface area contributed by atoms with Crippen LogP contribution in [0, 0.1) is 13.8 Å². The Kier molecular flexibility index (Phi) is 4.71. The molecule has 0 unspecified atom stereocenters. The number of rotatable bonds is 4. The fourth-order valence-corrected chi connectivity index (χ4v) is 3.20. The van der Waals surface area contributed by atoms with E-state index < -0.39 is 0 Å². The second-order valence-corrected chi connectivity index (χ2v) is 7.28. The molecule has 0 bridgehead atoms. The van der Waals surface area contributed by atoms with Crippen LogP contribution in [-0.2, 0) is 4.79 Å². The van der Waals surface area contributed by atoms with Gasteiger partial charge in [0.2, 0.25) is 0 Å². The number of carbonyl (C=O) groups is 1. The van der Waals surface area contributed by atoms with Gasteiger partial charge in [0.1, 0.15) is 17.1 Å². The van der Waals surface area contributed by atoms with E-state index in [2.05, 4.69) is 11.4 Å². The Morgan fingerprint density at radius 2 is 2.00 bits per heavy atom. The number of nitrogens with one attached hydrogen (secondary N) is 1. The number of aryl methyl sites for hydroxylation is 2. The third-order valence-electron chi connectivity index (χ3n) is 4.41. The first-order valence-electron chi connectivity index (χ1n) is 8.61. The van der Waals surface area contributed by atoms with Gasteiger partial charge in [-0.2, -0.15) is 0 Å². The number of hydrogen-bond acceptors (Lipinski definition) is 3. The Labute approximate surface area is 149 Å². The molecule has 4 nitrogen and oxygen atoms in total. The monoisotopic (exact) mass is 339 g/mol. The minimum atomic E-state index is -0.322. The minimum Gasteiger partial charge on any atom is -0.487 e. The number of carbonyl (C=O) groups excluding carboxylic acids is 1. The Morgan fingerprint density at radius 1 is 1.24 bits per heavy atom. The Hall–Kier alpha value is -2.49. The van der Waals surface area contributed by atoms with Crippen LogP contribution in [0.2, 0.25) is 0 Å². The molecule has 3 rings (SSSR count). The van der Waals surface area contributed by atoms with Gasteiger partial charge >= 0.3 is 0 Å². The topological polar surface area (TPSA) is 47.6 Å². The van der Waals surface area contributed by atoms with Crippen LogP contribution in [0.5, 0.6) is 11.5 Å². The molecule has 2 aromatic carbocycles. The molecule has 0 radical (unpaired) electrons. The zero-order valence-corrected chi connectivity index (χ0v) is 15.3. The predicted octanol–water partition coefficient (Wildman–Crippen LogP) is 4.10. The maximum Gasteiger partial charge on any atom is 0.258 e. The van der Waals surface area contributed by atoms with Crippen molar-refractivity contribution in [2.24, 2.45) is 0 Å². The Balaban J connectivity index is 1.70. The van der Waals surface area contributed by atoms with Crippen molar-refractivity contribution >= 4 is 5.91 Å². The van der Waals surface area contributed by atoms with Crippen LogP contribution in [0.25, 0.3) is 0 Å². The van der Waals surface area contributed by atoms with Gasteiger partial charge in [-0.3, -0.25) is 4.79 Å². The summed E-state index contributed by atoms with van der Waals surface area (Å²) in [5.41, 5.74) is 2.88. The highest BCUT2D eigenvalue weighted by atomic mass is 16.5. The standard InChI is InChI=1S/C21H25NO3/c1-14-9-10-19-16(11-14)17(12-21(3,4)25-19)22-20(23)13-24-18-8-6-5-7-15(18)2/h5-11,17H,12-13H2,1-4H3,(H,22,23)/t17-/m0/s1. The number of benzene rings is 2. The van der Waals surface area contributed by atoms with Crippen LogP contribution >= 0.6 is 0 Å². The Bertz CT molecular complexity index is 782. The van der Waals surface area contributed by atoms with Crippen molar-refractivity contribution in [2.45, 2.75) is 45.8 Å².